The number of rotatable bonds is 5. The minimum Gasteiger partial charge on any atom is -0.496 e. The Morgan fingerprint density at radius 2 is 2.06 bits per heavy atom. The van der Waals surface area contributed by atoms with E-state index in [1.54, 1.807) is 19.1 Å². The molecular weight excluding hydrogens is 284 g/mol. The van der Waals surface area contributed by atoms with Gasteiger partial charge in [-0.1, -0.05) is 22.9 Å². The van der Waals surface area contributed by atoms with Crippen LogP contribution in [0.15, 0.2) is 22.7 Å². The summed E-state index contributed by atoms with van der Waals surface area (Å²) < 4.78 is 5.97. The van der Waals surface area contributed by atoms with Crippen molar-refractivity contribution in [1.29, 1.82) is 0 Å². The van der Waals surface area contributed by atoms with Crippen molar-refractivity contribution in [2.45, 2.75) is 20.3 Å². The van der Waals surface area contributed by atoms with Crippen LogP contribution < -0.4 is 4.74 Å². The molecule has 1 aromatic rings. The van der Waals surface area contributed by atoms with Crippen LogP contribution in [0.4, 0.5) is 0 Å². The molecule has 1 unspecified atom stereocenters. The van der Waals surface area contributed by atoms with E-state index in [0.717, 1.165) is 4.47 Å². The summed E-state index contributed by atoms with van der Waals surface area (Å²) in [6.07, 6.45) is 0.258. The predicted octanol–water partition coefficient (Wildman–Crippen LogP) is 3.26. The van der Waals surface area contributed by atoms with Crippen molar-refractivity contribution in [2.24, 2.45) is 5.92 Å². The zero-order valence-electron chi connectivity index (χ0n) is 10.1. The highest BCUT2D eigenvalue weighted by Gasteiger charge is 2.20. The Kier molecular flexibility index (Phi) is 4.87. The topological polar surface area (TPSA) is 43.4 Å². The minimum absolute atomic E-state index is 0.0137. The lowest BCUT2D eigenvalue weighted by atomic mass is 9.94. The van der Waals surface area contributed by atoms with E-state index >= 15 is 0 Å². The highest BCUT2D eigenvalue weighted by molar-refractivity contribution is 9.10. The SMILES string of the molecule is COc1ccc(Br)cc1C(=O)C(C)CC(C)=O. The predicted molar refractivity (Wildman–Crippen MR) is 69.5 cm³/mol. The summed E-state index contributed by atoms with van der Waals surface area (Å²) in [5.41, 5.74) is 0.510. The molecule has 0 aliphatic rings. The van der Waals surface area contributed by atoms with E-state index in [1.165, 1.54) is 14.0 Å². The lowest BCUT2D eigenvalue weighted by molar-refractivity contribution is -0.117. The number of benzene rings is 1. The number of carbonyl (C=O) groups excluding carboxylic acids is 2. The Labute approximate surface area is 109 Å². The van der Waals surface area contributed by atoms with Crippen LogP contribution in [-0.2, 0) is 4.79 Å². The summed E-state index contributed by atoms with van der Waals surface area (Å²) in [5, 5.41) is 0. The first-order chi connectivity index (χ1) is 7.95. The van der Waals surface area contributed by atoms with Crippen molar-refractivity contribution in [3.05, 3.63) is 28.2 Å². The van der Waals surface area contributed by atoms with Crippen molar-refractivity contribution in [3.63, 3.8) is 0 Å². The standard InChI is InChI=1S/C13H15BrO3/c1-8(6-9(2)15)13(16)11-7-10(14)4-5-12(11)17-3/h4-5,7-8H,6H2,1-3H3. The number of Topliss-reactive ketones (excluding diaryl/α,β-unsaturated/α-hetero) is 2. The van der Waals surface area contributed by atoms with Gasteiger partial charge >= 0.3 is 0 Å². The van der Waals surface area contributed by atoms with E-state index in [4.69, 9.17) is 4.74 Å². The quantitative estimate of drug-likeness (QED) is 0.784. The zero-order valence-corrected chi connectivity index (χ0v) is 11.7. The van der Waals surface area contributed by atoms with Gasteiger partial charge < -0.3 is 9.53 Å². The third kappa shape index (κ3) is 3.66. The second kappa shape index (κ2) is 5.96. The number of methoxy groups -OCH3 is 1. The summed E-state index contributed by atoms with van der Waals surface area (Å²) in [4.78, 5) is 23.2. The molecule has 0 fully saturated rings. The van der Waals surface area contributed by atoms with Crippen LogP contribution in [0.1, 0.15) is 30.6 Å². The lowest BCUT2D eigenvalue weighted by Gasteiger charge is -2.12. The molecule has 3 nitrogen and oxygen atoms in total. The number of ether oxygens (including phenoxy) is 1. The van der Waals surface area contributed by atoms with Gasteiger partial charge in [-0.2, -0.15) is 0 Å². The van der Waals surface area contributed by atoms with E-state index in [0.29, 0.717) is 11.3 Å². The number of hydrogen-bond donors (Lipinski definition) is 0. The molecule has 0 bridgehead atoms. The smallest absolute Gasteiger partial charge is 0.169 e. The number of ketones is 2. The van der Waals surface area contributed by atoms with Crippen molar-refractivity contribution in [2.75, 3.05) is 7.11 Å². The van der Waals surface area contributed by atoms with Gasteiger partial charge in [-0.3, -0.25) is 4.79 Å². The zero-order chi connectivity index (χ0) is 13.0. The summed E-state index contributed by atoms with van der Waals surface area (Å²) in [7, 11) is 1.52. The Hall–Kier alpha value is -1.16. The largest absolute Gasteiger partial charge is 0.496 e. The molecule has 1 rings (SSSR count). The first kappa shape index (κ1) is 13.9. The molecule has 92 valence electrons. The van der Waals surface area contributed by atoms with Crippen LogP contribution in [0.2, 0.25) is 0 Å². The highest BCUT2D eigenvalue weighted by Crippen LogP contribution is 2.26. The molecule has 0 amide bonds. The average Bonchev–Trinajstić information content (AvgIpc) is 2.27. The molecule has 0 heterocycles. The fourth-order valence-corrected chi connectivity index (χ4v) is 2.02. The third-order valence-electron chi connectivity index (χ3n) is 2.47. The maximum absolute atomic E-state index is 12.2. The van der Waals surface area contributed by atoms with Gasteiger partial charge in [-0.25, -0.2) is 0 Å². The fourth-order valence-electron chi connectivity index (χ4n) is 1.66. The third-order valence-corrected chi connectivity index (χ3v) is 2.96. The first-order valence-corrected chi connectivity index (χ1v) is 6.12. The monoisotopic (exact) mass is 298 g/mol. The van der Waals surface area contributed by atoms with Gasteiger partial charge in [0.2, 0.25) is 0 Å². The van der Waals surface area contributed by atoms with Crippen LogP contribution in [-0.4, -0.2) is 18.7 Å². The molecule has 0 saturated heterocycles. The molecule has 0 spiro atoms. The van der Waals surface area contributed by atoms with Crippen LogP contribution >= 0.6 is 15.9 Å². The van der Waals surface area contributed by atoms with E-state index < -0.39 is 0 Å². The molecular formula is C13H15BrO3. The molecule has 0 saturated carbocycles. The van der Waals surface area contributed by atoms with Crippen molar-refractivity contribution in [1.82, 2.24) is 0 Å². The second-order valence-corrected chi connectivity index (χ2v) is 4.93. The Morgan fingerprint density at radius 3 is 2.59 bits per heavy atom. The van der Waals surface area contributed by atoms with E-state index in [9.17, 15) is 9.59 Å². The van der Waals surface area contributed by atoms with Gasteiger partial charge in [0.25, 0.3) is 0 Å². The fraction of sp³-hybridized carbons (Fsp3) is 0.385. The maximum Gasteiger partial charge on any atom is 0.169 e. The van der Waals surface area contributed by atoms with Crippen molar-refractivity contribution >= 4 is 27.5 Å². The number of halogens is 1. The lowest BCUT2D eigenvalue weighted by Crippen LogP contribution is -2.15. The summed E-state index contributed by atoms with van der Waals surface area (Å²) in [5.74, 6) is 0.155. The Bertz CT molecular complexity index is 440. The molecule has 17 heavy (non-hydrogen) atoms. The summed E-state index contributed by atoms with van der Waals surface area (Å²) in [6.45, 7) is 3.24. The van der Waals surface area contributed by atoms with E-state index in [1.807, 2.05) is 6.07 Å². The van der Waals surface area contributed by atoms with Crippen LogP contribution in [0.25, 0.3) is 0 Å². The van der Waals surface area contributed by atoms with E-state index in [2.05, 4.69) is 15.9 Å². The Morgan fingerprint density at radius 1 is 1.41 bits per heavy atom. The molecule has 4 heteroatoms. The normalized spacial score (nSPS) is 12.0. The molecule has 0 aromatic heterocycles. The first-order valence-electron chi connectivity index (χ1n) is 5.33. The van der Waals surface area contributed by atoms with Gasteiger partial charge in [0.15, 0.2) is 5.78 Å². The maximum atomic E-state index is 12.2. The van der Waals surface area contributed by atoms with Gasteiger partial charge in [-0.05, 0) is 25.1 Å². The van der Waals surface area contributed by atoms with Crippen LogP contribution in [0.5, 0.6) is 5.75 Å². The molecule has 0 radical (unpaired) electrons. The minimum atomic E-state index is -0.323. The van der Waals surface area contributed by atoms with Crippen LogP contribution in [0.3, 0.4) is 0 Å². The number of carbonyl (C=O) groups is 2. The molecule has 0 N–H and O–H groups in total. The Balaban J connectivity index is 3.02. The van der Waals surface area contributed by atoms with Gasteiger partial charge in [0, 0.05) is 16.8 Å². The highest BCUT2D eigenvalue weighted by atomic mass is 79.9. The van der Waals surface area contributed by atoms with E-state index in [-0.39, 0.29) is 23.9 Å². The van der Waals surface area contributed by atoms with Gasteiger partial charge in [-0.15, -0.1) is 0 Å². The van der Waals surface area contributed by atoms with Crippen molar-refractivity contribution < 1.29 is 14.3 Å². The molecule has 1 aromatic carbocycles. The molecule has 1 atom stereocenters. The average molecular weight is 299 g/mol. The molecule has 0 aliphatic carbocycles. The van der Waals surface area contributed by atoms with Crippen molar-refractivity contribution in [3.8, 4) is 5.75 Å². The summed E-state index contributed by atoms with van der Waals surface area (Å²) in [6, 6.07) is 5.26. The van der Waals surface area contributed by atoms with Gasteiger partial charge in [0.05, 0.1) is 12.7 Å². The van der Waals surface area contributed by atoms with Crippen LogP contribution in [0, 0.1) is 5.92 Å². The second-order valence-electron chi connectivity index (χ2n) is 4.02. The summed E-state index contributed by atoms with van der Waals surface area (Å²) >= 11 is 3.32. The number of hydrogen-bond acceptors (Lipinski definition) is 3. The molecule has 0 aliphatic heterocycles. The van der Waals surface area contributed by atoms with Gasteiger partial charge in [0.1, 0.15) is 11.5 Å².